The predicted octanol–water partition coefficient (Wildman–Crippen LogP) is 2.08. The van der Waals surface area contributed by atoms with Crippen molar-refractivity contribution >= 4 is 11.8 Å². The van der Waals surface area contributed by atoms with Gasteiger partial charge in [0.2, 0.25) is 11.8 Å². The minimum Gasteiger partial charge on any atom is -0.340 e. The molecule has 3 fully saturated rings. The number of hydrogen-bond donors (Lipinski definition) is 1. The third kappa shape index (κ3) is 1.73. The second-order valence-corrected chi connectivity index (χ2v) is 7.28. The Balaban J connectivity index is 2.01. The van der Waals surface area contributed by atoms with Gasteiger partial charge in [-0.25, -0.2) is 0 Å². The maximum Gasteiger partial charge on any atom is 0.249 e. The highest BCUT2D eigenvalue weighted by Crippen LogP contribution is 2.50. The molecule has 0 aromatic heterocycles. The molecule has 0 aromatic carbocycles. The SMILES string of the molecule is CCC(C)N1C(=O)C(C)(C2CC2)NC(=O)C1(C)C1CC1. The van der Waals surface area contributed by atoms with E-state index in [4.69, 9.17) is 0 Å². The number of rotatable bonds is 4. The lowest BCUT2D eigenvalue weighted by Gasteiger charge is -2.53. The maximum atomic E-state index is 13.1. The van der Waals surface area contributed by atoms with Gasteiger partial charge in [0.25, 0.3) is 0 Å². The first-order valence-electron chi connectivity index (χ1n) is 8.02. The number of carbonyl (C=O) groups excluding carboxylic acids is 2. The first kappa shape index (κ1) is 13.9. The molecular formula is C16H26N2O2. The molecular weight excluding hydrogens is 252 g/mol. The van der Waals surface area contributed by atoms with Gasteiger partial charge in [0, 0.05) is 6.04 Å². The summed E-state index contributed by atoms with van der Waals surface area (Å²) in [6, 6.07) is 0.122. The molecule has 4 nitrogen and oxygen atoms in total. The summed E-state index contributed by atoms with van der Waals surface area (Å²) in [6.07, 6.45) is 5.12. The standard InChI is InChI=1S/C16H26N2O2/c1-5-10(2)18-14(20)15(3,11-6-7-11)17-13(19)16(18,4)12-8-9-12/h10-12H,5-9H2,1-4H3,(H,17,19). The van der Waals surface area contributed by atoms with Gasteiger partial charge in [0.1, 0.15) is 11.1 Å². The van der Waals surface area contributed by atoms with Crippen molar-refractivity contribution in [2.75, 3.05) is 0 Å². The monoisotopic (exact) mass is 278 g/mol. The van der Waals surface area contributed by atoms with E-state index in [2.05, 4.69) is 19.2 Å². The second kappa shape index (κ2) is 4.22. The van der Waals surface area contributed by atoms with Crippen LogP contribution in [0.25, 0.3) is 0 Å². The van der Waals surface area contributed by atoms with E-state index in [0.717, 1.165) is 32.1 Å². The minimum absolute atomic E-state index is 0.0642. The zero-order valence-electron chi connectivity index (χ0n) is 13.0. The number of hydrogen-bond acceptors (Lipinski definition) is 2. The van der Waals surface area contributed by atoms with Crippen molar-refractivity contribution in [3.05, 3.63) is 0 Å². The first-order chi connectivity index (χ1) is 9.35. The molecule has 3 aliphatic rings. The Morgan fingerprint density at radius 2 is 1.75 bits per heavy atom. The summed E-state index contributed by atoms with van der Waals surface area (Å²) < 4.78 is 0. The molecule has 1 aliphatic heterocycles. The molecule has 3 unspecified atom stereocenters. The summed E-state index contributed by atoms with van der Waals surface area (Å²) in [4.78, 5) is 27.9. The molecule has 0 radical (unpaired) electrons. The smallest absolute Gasteiger partial charge is 0.249 e. The third-order valence-electron chi connectivity index (χ3n) is 5.79. The van der Waals surface area contributed by atoms with Crippen LogP contribution in [0.1, 0.15) is 59.8 Å². The second-order valence-electron chi connectivity index (χ2n) is 7.28. The first-order valence-corrected chi connectivity index (χ1v) is 8.02. The van der Waals surface area contributed by atoms with Gasteiger partial charge in [-0.2, -0.15) is 0 Å². The Morgan fingerprint density at radius 3 is 2.20 bits per heavy atom. The maximum absolute atomic E-state index is 13.1. The van der Waals surface area contributed by atoms with Gasteiger partial charge in [-0.05, 0) is 64.7 Å². The molecule has 20 heavy (non-hydrogen) atoms. The van der Waals surface area contributed by atoms with E-state index in [1.165, 1.54) is 0 Å². The molecule has 4 heteroatoms. The molecule has 0 aromatic rings. The summed E-state index contributed by atoms with van der Waals surface area (Å²) in [7, 11) is 0. The lowest BCUT2D eigenvalue weighted by molar-refractivity contribution is -0.167. The van der Waals surface area contributed by atoms with Crippen molar-refractivity contribution in [3.8, 4) is 0 Å². The molecule has 1 saturated heterocycles. The molecule has 2 amide bonds. The molecule has 2 saturated carbocycles. The van der Waals surface area contributed by atoms with Gasteiger partial charge in [-0.15, -0.1) is 0 Å². The average molecular weight is 278 g/mol. The van der Waals surface area contributed by atoms with Crippen molar-refractivity contribution in [1.29, 1.82) is 0 Å². The van der Waals surface area contributed by atoms with Crippen LogP contribution in [0.2, 0.25) is 0 Å². The molecule has 0 spiro atoms. The van der Waals surface area contributed by atoms with Crippen molar-refractivity contribution in [2.24, 2.45) is 11.8 Å². The van der Waals surface area contributed by atoms with E-state index in [-0.39, 0.29) is 17.9 Å². The number of nitrogens with zero attached hydrogens (tertiary/aromatic N) is 1. The van der Waals surface area contributed by atoms with Crippen LogP contribution in [0.3, 0.4) is 0 Å². The van der Waals surface area contributed by atoms with Crippen molar-refractivity contribution in [2.45, 2.75) is 76.9 Å². The Bertz CT molecular complexity index is 455. The van der Waals surface area contributed by atoms with Crippen molar-refractivity contribution in [3.63, 3.8) is 0 Å². The molecule has 112 valence electrons. The summed E-state index contributed by atoms with van der Waals surface area (Å²) >= 11 is 0. The summed E-state index contributed by atoms with van der Waals surface area (Å²) in [5.41, 5.74) is -1.31. The van der Waals surface area contributed by atoms with Crippen molar-refractivity contribution < 1.29 is 9.59 Å². The van der Waals surface area contributed by atoms with Gasteiger partial charge < -0.3 is 10.2 Å². The Labute approximate surface area is 121 Å². The van der Waals surface area contributed by atoms with Crippen LogP contribution in [0.5, 0.6) is 0 Å². The molecule has 1 heterocycles. The zero-order valence-corrected chi connectivity index (χ0v) is 13.0. The number of nitrogens with one attached hydrogen (secondary N) is 1. The van der Waals surface area contributed by atoms with Gasteiger partial charge in [0.15, 0.2) is 0 Å². The van der Waals surface area contributed by atoms with Crippen molar-refractivity contribution in [1.82, 2.24) is 10.2 Å². The predicted molar refractivity (Wildman–Crippen MR) is 77.0 cm³/mol. The average Bonchev–Trinajstić information content (AvgIpc) is 3.28. The van der Waals surface area contributed by atoms with Gasteiger partial charge in [-0.3, -0.25) is 9.59 Å². The highest BCUT2D eigenvalue weighted by atomic mass is 16.2. The lowest BCUT2D eigenvalue weighted by Crippen LogP contribution is -2.76. The van der Waals surface area contributed by atoms with E-state index in [0.29, 0.717) is 11.8 Å². The lowest BCUT2D eigenvalue weighted by atomic mass is 9.80. The van der Waals surface area contributed by atoms with E-state index in [1.807, 2.05) is 18.7 Å². The fraction of sp³-hybridized carbons (Fsp3) is 0.875. The Kier molecular flexibility index (Phi) is 2.93. The van der Waals surface area contributed by atoms with Crippen LogP contribution in [-0.4, -0.2) is 33.8 Å². The number of piperazine rings is 1. The topological polar surface area (TPSA) is 49.4 Å². The van der Waals surface area contributed by atoms with Crippen LogP contribution >= 0.6 is 0 Å². The fourth-order valence-corrected chi connectivity index (χ4v) is 3.79. The van der Waals surface area contributed by atoms with Gasteiger partial charge in [0.05, 0.1) is 0 Å². The van der Waals surface area contributed by atoms with Crippen LogP contribution in [0, 0.1) is 11.8 Å². The van der Waals surface area contributed by atoms with Gasteiger partial charge >= 0.3 is 0 Å². The highest BCUT2D eigenvalue weighted by Gasteiger charge is 2.63. The molecule has 0 bridgehead atoms. The number of amides is 2. The Hall–Kier alpha value is -1.06. The van der Waals surface area contributed by atoms with E-state index in [9.17, 15) is 9.59 Å². The zero-order chi connectivity index (χ0) is 14.7. The summed E-state index contributed by atoms with van der Waals surface area (Å²) in [5.74, 6) is 0.871. The third-order valence-corrected chi connectivity index (χ3v) is 5.79. The summed E-state index contributed by atoms with van der Waals surface area (Å²) in [6.45, 7) is 8.06. The fourth-order valence-electron chi connectivity index (χ4n) is 3.79. The highest BCUT2D eigenvalue weighted by molar-refractivity contribution is 6.03. The van der Waals surface area contributed by atoms with E-state index < -0.39 is 11.1 Å². The van der Waals surface area contributed by atoms with Crippen LogP contribution < -0.4 is 5.32 Å². The molecule has 1 N–H and O–H groups in total. The largest absolute Gasteiger partial charge is 0.340 e. The van der Waals surface area contributed by atoms with Gasteiger partial charge in [-0.1, -0.05) is 6.92 Å². The molecule has 3 rings (SSSR count). The van der Waals surface area contributed by atoms with Crippen LogP contribution in [0.4, 0.5) is 0 Å². The summed E-state index contributed by atoms with van der Waals surface area (Å²) in [5, 5.41) is 3.10. The van der Waals surface area contributed by atoms with E-state index >= 15 is 0 Å². The minimum atomic E-state index is -0.672. The normalized spacial score (nSPS) is 39.7. The molecule has 3 atom stereocenters. The molecule has 2 aliphatic carbocycles. The van der Waals surface area contributed by atoms with Crippen LogP contribution in [0.15, 0.2) is 0 Å². The quantitative estimate of drug-likeness (QED) is 0.856. The number of carbonyl (C=O) groups is 2. The van der Waals surface area contributed by atoms with E-state index in [1.54, 1.807) is 0 Å². The van der Waals surface area contributed by atoms with Crippen LogP contribution in [-0.2, 0) is 9.59 Å². The Morgan fingerprint density at radius 1 is 1.20 bits per heavy atom.